The maximum Gasteiger partial charge on any atom is 0.446 e. The van der Waals surface area contributed by atoms with E-state index in [0.29, 0.717) is 5.56 Å². The maximum absolute atomic E-state index is 11.0. The van der Waals surface area contributed by atoms with Crippen molar-refractivity contribution in [2.45, 2.75) is 0 Å². The van der Waals surface area contributed by atoms with Gasteiger partial charge in [-0.05, 0) is 23.8 Å². The first kappa shape index (κ1) is 16.8. The lowest BCUT2D eigenvalue weighted by molar-refractivity contribution is -0.134. The molecule has 21 heavy (non-hydrogen) atoms. The van der Waals surface area contributed by atoms with E-state index in [4.69, 9.17) is 14.0 Å². The van der Waals surface area contributed by atoms with Crippen LogP contribution in [0.2, 0.25) is 0 Å². The van der Waals surface area contributed by atoms with Crippen LogP contribution in [0, 0.1) is 0 Å². The molecule has 0 heterocycles. The molecule has 0 aliphatic heterocycles. The van der Waals surface area contributed by atoms with E-state index in [1.807, 2.05) is 0 Å². The van der Waals surface area contributed by atoms with Crippen LogP contribution in [-0.2, 0) is 19.9 Å². The lowest BCUT2D eigenvalue weighted by atomic mass is 10.1. The van der Waals surface area contributed by atoms with E-state index in [2.05, 4.69) is 8.92 Å². The van der Waals surface area contributed by atoms with Gasteiger partial charge in [0.25, 0.3) is 0 Å². The summed E-state index contributed by atoms with van der Waals surface area (Å²) in [6.45, 7) is 0. The van der Waals surface area contributed by atoms with Crippen molar-refractivity contribution in [3.8, 4) is 17.2 Å². The summed E-state index contributed by atoms with van der Waals surface area (Å²) >= 11 is 0. The number of esters is 1. The van der Waals surface area contributed by atoms with Crippen LogP contribution in [0.5, 0.6) is 17.2 Å². The highest BCUT2D eigenvalue weighted by Crippen LogP contribution is 2.39. The van der Waals surface area contributed by atoms with Gasteiger partial charge < -0.3 is 18.4 Å². The van der Waals surface area contributed by atoms with Gasteiger partial charge in [-0.15, -0.1) is 0 Å². The van der Waals surface area contributed by atoms with E-state index in [9.17, 15) is 13.2 Å². The lowest BCUT2D eigenvalue weighted by Gasteiger charge is -2.13. The Morgan fingerprint density at radius 2 is 1.67 bits per heavy atom. The molecule has 0 fully saturated rings. The highest BCUT2D eigenvalue weighted by atomic mass is 32.3. The van der Waals surface area contributed by atoms with Crippen LogP contribution in [0.15, 0.2) is 18.2 Å². The number of carbonyl (C=O) groups is 1. The number of rotatable bonds is 6. The predicted octanol–water partition coefficient (Wildman–Crippen LogP) is 1.07. The number of benzene rings is 1. The molecule has 0 spiro atoms. The van der Waals surface area contributed by atoms with Gasteiger partial charge in [0.15, 0.2) is 11.5 Å². The summed E-state index contributed by atoms with van der Waals surface area (Å²) in [7, 11) is -0.950. The molecule has 0 amide bonds. The molecule has 0 radical (unpaired) electrons. The Labute approximate surface area is 121 Å². The van der Waals surface area contributed by atoms with E-state index in [1.54, 1.807) is 0 Å². The van der Waals surface area contributed by atoms with Gasteiger partial charge in [0.1, 0.15) is 0 Å². The van der Waals surface area contributed by atoms with E-state index in [1.165, 1.54) is 39.5 Å². The third kappa shape index (κ3) is 4.97. The number of ether oxygens (including phenoxy) is 3. The van der Waals surface area contributed by atoms with Gasteiger partial charge in [-0.1, -0.05) is 0 Å². The fraction of sp³-hybridized carbons (Fsp3) is 0.250. The Hall–Kier alpha value is -2.26. The largest absolute Gasteiger partial charge is 0.493 e. The van der Waals surface area contributed by atoms with Gasteiger partial charge in [0, 0.05) is 6.08 Å². The second-order valence-corrected chi connectivity index (χ2v) is 4.64. The molecule has 1 N–H and O–H groups in total. The van der Waals surface area contributed by atoms with E-state index in [0.717, 1.165) is 6.08 Å². The zero-order chi connectivity index (χ0) is 16.0. The van der Waals surface area contributed by atoms with Gasteiger partial charge in [-0.25, -0.2) is 4.79 Å². The average molecular weight is 318 g/mol. The molecule has 0 bridgehead atoms. The first-order valence-electron chi connectivity index (χ1n) is 5.49. The van der Waals surface area contributed by atoms with Crippen molar-refractivity contribution < 1.29 is 36.2 Å². The summed E-state index contributed by atoms with van der Waals surface area (Å²) in [5.74, 6) is -0.878. The second-order valence-electron chi connectivity index (χ2n) is 3.62. The summed E-state index contributed by atoms with van der Waals surface area (Å²) < 4.78 is 49.2. The zero-order valence-electron chi connectivity index (χ0n) is 11.5. The summed E-state index contributed by atoms with van der Waals surface area (Å²) in [5.41, 5.74) is 0.469. The van der Waals surface area contributed by atoms with Gasteiger partial charge in [-0.2, -0.15) is 8.42 Å². The van der Waals surface area contributed by atoms with E-state index < -0.39 is 16.4 Å². The molecule has 0 saturated carbocycles. The van der Waals surface area contributed by atoms with Gasteiger partial charge in [0.05, 0.1) is 21.3 Å². The monoisotopic (exact) mass is 318 g/mol. The molecule has 0 aromatic heterocycles. The minimum Gasteiger partial charge on any atom is -0.493 e. The lowest BCUT2D eigenvalue weighted by Crippen LogP contribution is -2.09. The van der Waals surface area contributed by atoms with E-state index >= 15 is 0 Å². The fourth-order valence-corrected chi connectivity index (χ4v) is 1.79. The molecule has 0 unspecified atom stereocenters. The van der Waals surface area contributed by atoms with Crippen molar-refractivity contribution in [3.63, 3.8) is 0 Å². The van der Waals surface area contributed by atoms with Crippen molar-refractivity contribution in [1.82, 2.24) is 0 Å². The Morgan fingerprint density at radius 3 is 2.05 bits per heavy atom. The Balaban J connectivity index is 3.29. The first-order valence-corrected chi connectivity index (χ1v) is 6.86. The van der Waals surface area contributed by atoms with Gasteiger partial charge in [0.2, 0.25) is 5.75 Å². The minimum absolute atomic E-state index is 0.00325. The molecule has 0 atom stereocenters. The molecule has 116 valence electrons. The molecular formula is C12H14O8S. The SMILES string of the molecule is COC(=O)/C=C\c1cc(OC)c(OS(=O)(=O)O)c(OC)c1. The Bertz CT molecular complexity index is 622. The molecule has 1 aromatic rings. The molecule has 9 heteroatoms. The standard InChI is InChI=1S/C12H14O8S/c1-17-9-6-8(4-5-11(13)19-3)7-10(18-2)12(9)20-21(14,15)16/h4-7H,1-3H3,(H,14,15,16)/b5-4-. The predicted molar refractivity (Wildman–Crippen MR) is 72.8 cm³/mol. The number of carbonyl (C=O) groups excluding carboxylic acids is 1. The molecule has 0 aliphatic rings. The third-order valence-electron chi connectivity index (χ3n) is 2.28. The second kappa shape index (κ2) is 6.95. The molecular weight excluding hydrogens is 304 g/mol. The van der Waals surface area contributed by atoms with Crippen molar-refractivity contribution >= 4 is 22.4 Å². The maximum atomic E-state index is 11.0. The Kier molecular flexibility index (Phi) is 5.56. The topological polar surface area (TPSA) is 108 Å². The normalized spacial score (nSPS) is 11.2. The Morgan fingerprint density at radius 1 is 1.14 bits per heavy atom. The molecule has 1 rings (SSSR count). The number of methoxy groups -OCH3 is 3. The van der Waals surface area contributed by atoms with Crippen LogP contribution >= 0.6 is 0 Å². The van der Waals surface area contributed by atoms with Crippen LogP contribution in [0.3, 0.4) is 0 Å². The van der Waals surface area contributed by atoms with Crippen LogP contribution in [-0.4, -0.2) is 40.3 Å². The minimum atomic E-state index is -4.74. The molecule has 1 aromatic carbocycles. The van der Waals surface area contributed by atoms with Crippen LogP contribution in [0.4, 0.5) is 0 Å². The smallest absolute Gasteiger partial charge is 0.446 e. The zero-order valence-corrected chi connectivity index (χ0v) is 12.3. The molecule has 0 aliphatic carbocycles. The highest BCUT2D eigenvalue weighted by molar-refractivity contribution is 7.81. The molecule has 8 nitrogen and oxygen atoms in total. The molecule has 0 saturated heterocycles. The summed E-state index contributed by atoms with van der Waals surface area (Å²) in [4.78, 5) is 11.0. The van der Waals surface area contributed by atoms with Crippen molar-refractivity contribution in [3.05, 3.63) is 23.8 Å². The summed E-state index contributed by atoms with van der Waals surface area (Å²) in [5, 5.41) is 0. The van der Waals surface area contributed by atoms with Crippen LogP contribution < -0.4 is 13.7 Å². The van der Waals surface area contributed by atoms with Crippen molar-refractivity contribution in [1.29, 1.82) is 0 Å². The van der Waals surface area contributed by atoms with Crippen LogP contribution in [0.25, 0.3) is 6.08 Å². The highest BCUT2D eigenvalue weighted by Gasteiger charge is 2.19. The summed E-state index contributed by atoms with van der Waals surface area (Å²) in [6.07, 6.45) is 2.58. The first-order chi connectivity index (χ1) is 9.80. The fourth-order valence-electron chi connectivity index (χ4n) is 1.42. The van der Waals surface area contributed by atoms with Gasteiger partial charge in [-0.3, -0.25) is 4.55 Å². The third-order valence-corrected chi connectivity index (χ3v) is 2.66. The summed E-state index contributed by atoms with van der Waals surface area (Å²) in [6, 6.07) is 2.78. The van der Waals surface area contributed by atoms with Crippen LogP contribution in [0.1, 0.15) is 5.56 Å². The number of hydrogen-bond acceptors (Lipinski definition) is 7. The van der Waals surface area contributed by atoms with Crippen molar-refractivity contribution in [2.24, 2.45) is 0 Å². The van der Waals surface area contributed by atoms with Gasteiger partial charge >= 0.3 is 16.4 Å². The quantitative estimate of drug-likeness (QED) is 0.471. The number of hydrogen-bond donors (Lipinski definition) is 1. The average Bonchev–Trinajstić information content (AvgIpc) is 2.43. The van der Waals surface area contributed by atoms with E-state index in [-0.39, 0.29) is 17.2 Å². The van der Waals surface area contributed by atoms with Crippen molar-refractivity contribution in [2.75, 3.05) is 21.3 Å².